The minimum Gasteiger partial charge on any atom is -0.468 e. The van der Waals surface area contributed by atoms with E-state index >= 15 is 0 Å². The lowest BCUT2D eigenvalue weighted by atomic mass is 10.2. The number of carbonyl (C=O) groups excluding carboxylic acids is 1. The van der Waals surface area contributed by atoms with E-state index in [1.807, 2.05) is 0 Å². The largest absolute Gasteiger partial charge is 0.468 e. The molecule has 3 N–H and O–H groups in total. The number of carbonyl (C=O) groups is 1. The van der Waals surface area contributed by atoms with Crippen LogP contribution in [0.5, 0.6) is 5.75 Å². The summed E-state index contributed by atoms with van der Waals surface area (Å²) in [6.07, 6.45) is -5.49. The molecule has 2 heterocycles. The average molecular weight is 642 g/mol. The van der Waals surface area contributed by atoms with Gasteiger partial charge in [-0.2, -0.15) is 18.3 Å². The summed E-state index contributed by atoms with van der Waals surface area (Å²) in [5.74, 6) is -1.10. The Morgan fingerprint density at radius 2 is 2.03 bits per heavy atom. The maximum absolute atomic E-state index is 13.5. The highest BCUT2D eigenvalue weighted by atomic mass is 79.9. The van der Waals surface area contributed by atoms with Crippen molar-refractivity contribution in [3.05, 3.63) is 67.4 Å². The number of nitrogens with one attached hydrogen (secondary N) is 2. The molecule has 0 aliphatic carbocycles. The Morgan fingerprint density at radius 3 is 2.62 bits per heavy atom. The highest BCUT2D eigenvalue weighted by molar-refractivity contribution is 9.11. The van der Waals surface area contributed by atoms with Crippen molar-refractivity contribution >= 4 is 35.7 Å². The number of hydrogen-bond acceptors (Lipinski definition) is 9. The standard InChI is InChI=1S/C22H24BrF3N3O9P/c1-12(20(32)35-2)28-39(34,38-15-5-3-14(4-6-15)22(24,25)26)36-11-17-16(30)9-18(37-17)29-10-13(7-8-23)19(31)27-21(29)33/h3-8,10,12,16-18,30H,9,11H2,1-2H3,(H,28,34)(H,27,31,33)/b8-7+/t12-,16-,17+,18+,39?/m0/s1. The number of aromatic amines is 1. The van der Waals surface area contributed by atoms with E-state index in [4.69, 9.17) is 13.8 Å². The van der Waals surface area contributed by atoms with E-state index in [1.165, 1.54) is 24.2 Å². The van der Waals surface area contributed by atoms with E-state index in [0.29, 0.717) is 12.1 Å². The van der Waals surface area contributed by atoms with Crippen molar-refractivity contribution in [1.29, 1.82) is 0 Å². The van der Waals surface area contributed by atoms with Crippen molar-refractivity contribution in [2.24, 2.45) is 0 Å². The van der Waals surface area contributed by atoms with Crippen LogP contribution in [0.3, 0.4) is 0 Å². The van der Waals surface area contributed by atoms with Crippen molar-refractivity contribution in [3.8, 4) is 5.75 Å². The summed E-state index contributed by atoms with van der Waals surface area (Å²) in [5, 5.41) is 12.8. The third kappa shape index (κ3) is 7.90. The summed E-state index contributed by atoms with van der Waals surface area (Å²) < 4.78 is 74.2. The quantitative estimate of drug-likeness (QED) is 0.260. The Hall–Kier alpha value is -2.75. The lowest BCUT2D eigenvalue weighted by molar-refractivity contribution is -0.142. The molecular weight excluding hydrogens is 618 g/mol. The third-order valence-electron chi connectivity index (χ3n) is 5.47. The molecule has 3 rings (SSSR count). The van der Waals surface area contributed by atoms with Crippen LogP contribution in [0.15, 0.2) is 45.0 Å². The normalized spacial score (nSPS) is 22.0. The lowest BCUT2D eigenvalue weighted by Gasteiger charge is -2.24. The zero-order chi connectivity index (χ0) is 29.0. The molecule has 214 valence electrons. The first-order valence-electron chi connectivity index (χ1n) is 11.2. The van der Waals surface area contributed by atoms with Crippen LogP contribution in [0.2, 0.25) is 0 Å². The van der Waals surface area contributed by atoms with Gasteiger partial charge >= 0.3 is 25.6 Å². The van der Waals surface area contributed by atoms with Crippen LogP contribution in [-0.2, 0) is 29.5 Å². The van der Waals surface area contributed by atoms with Crippen molar-refractivity contribution < 1.29 is 46.2 Å². The summed E-state index contributed by atoms with van der Waals surface area (Å²) in [7, 11) is -3.39. The molecule has 1 saturated heterocycles. The van der Waals surface area contributed by atoms with E-state index in [-0.39, 0.29) is 17.7 Å². The number of esters is 1. The number of nitrogens with zero attached hydrogens (tertiary/aromatic N) is 1. The predicted octanol–water partition coefficient (Wildman–Crippen LogP) is 2.92. The zero-order valence-corrected chi connectivity index (χ0v) is 22.9. The molecule has 17 heteroatoms. The maximum atomic E-state index is 13.5. The number of hydrogen-bond donors (Lipinski definition) is 3. The Balaban J connectivity index is 1.78. The molecule has 39 heavy (non-hydrogen) atoms. The molecule has 1 aliphatic heterocycles. The van der Waals surface area contributed by atoms with Crippen molar-refractivity contribution in [1.82, 2.24) is 14.6 Å². The van der Waals surface area contributed by atoms with E-state index in [1.54, 1.807) is 0 Å². The van der Waals surface area contributed by atoms with Gasteiger partial charge in [-0.15, -0.1) is 0 Å². The number of aromatic nitrogens is 2. The molecule has 0 spiro atoms. The second kappa shape index (κ2) is 12.6. The molecule has 1 fully saturated rings. The molecule has 0 radical (unpaired) electrons. The van der Waals surface area contributed by atoms with Gasteiger partial charge in [-0.3, -0.25) is 23.7 Å². The number of H-pyrrole nitrogens is 1. The highest BCUT2D eigenvalue weighted by Gasteiger charge is 2.40. The third-order valence-corrected chi connectivity index (χ3v) is 7.38. The van der Waals surface area contributed by atoms with Crippen molar-refractivity contribution in [2.75, 3.05) is 13.7 Å². The number of benzene rings is 1. The fraction of sp³-hybridized carbons (Fsp3) is 0.409. The second-order valence-electron chi connectivity index (χ2n) is 8.26. The molecule has 5 atom stereocenters. The Kier molecular flexibility index (Phi) is 9.96. The monoisotopic (exact) mass is 641 g/mol. The van der Waals surface area contributed by atoms with Gasteiger partial charge in [0, 0.05) is 12.6 Å². The molecule has 1 aromatic carbocycles. The molecule has 0 saturated carbocycles. The maximum Gasteiger partial charge on any atom is 0.459 e. The van der Waals surface area contributed by atoms with E-state index in [2.05, 4.69) is 30.7 Å². The molecule has 0 amide bonds. The molecule has 1 aromatic heterocycles. The van der Waals surface area contributed by atoms with Crippen LogP contribution in [0.1, 0.15) is 30.7 Å². The van der Waals surface area contributed by atoms with Crippen molar-refractivity contribution in [2.45, 2.75) is 44.0 Å². The molecule has 2 aromatic rings. The van der Waals surface area contributed by atoms with Gasteiger partial charge in [0.2, 0.25) is 0 Å². The molecule has 0 bridgehead atoms. The van der Waals surface area contributed by atoms with Gasteiger partial charge in [0.05, 0.1) is 30.9 Å². The Labute approximate surface area is 227 Å². The van der Waals surface area contributed by atoms with Gasteiger partial charge in [0.1, 0.15) is 24.1 Å². The van der Waals surface area contributed by atoms with Gasteiger partial charge < -0.3 is 19.1 Å². The van der Waals surface area contributed by atoms with Crippen LogP contribution in [0.4, 0.5) is 13.2 Å². The minimum atomic E-state index is -4.61. The number of methoxy groups -OCH3 is 1. The van der Waals surface area contributed by atoms with Crippen molar-refractivity contribution in [3.63, 3.8) is 0 Å². The highest BCUT2D eigenvalue weighted by Crippen LogP contribution is 2.46. The summed E-state index contributed by atoms with van der Waals surface area (Å²) in [5.41, 5.74) is -2.28. The Morgan fingerprint density at radius 1 is 1.36 bits per heavy atom. The first-order valence-corrected chi connectivity index (χ1v) is 13.6. The van der Waals surface area contributed by atoms with E-state index in [9.17, 15) is 37.2 Å². The number of ether oxygens (including phenoxy) is 2. The average Bonchev–Trinajstić information content (AvgIpc) is 3.23. The number of aliphatic hydroxyl groups excluding tert-OH is 1. The first kappa shape index (κ1) is 30.8. The van der Waals surface area contributed by atoms with Crippen LogP contribution in [0, 0.1) is 0 Å². The van der Waals surface area contributed by atoms with Gasteiger partial charge in [-0.25, -0.2) is 9.36 Å². The summed E-state index contributed by atoms with van der Waals surface area (Å²) in [4.78, 5) is 39.6. The topological polar surface area (TPSA) is 158 Å². The van der Waals surface area contributed by atoms with Gasteiger partial charge in [0.15, 0.2) is 0 Å². The van der Waals surface area contributed by atoms with Gasteiger partial charge in [-0.1, -0.05) is 15.9 Å². The van der Waals surface area contributed by atoms with Crippen LogP contribution in [-0.4, -0.2) is 52.6 Å². The zero-order valence-electron chi connectivity index (χ0n) is 20.4. The van der Waals surface area contributed by atoms with Crippen LogP contribution in [0.25, 0.3) is 6.08 Å². The minimum absolute atomic E-state index is 0.104. The van der Waals surface area contributed by atoms with Crippen LogP contribution < -0.4 is 20.9 Å². The predicted molar refractivity (Wildman–Crippen MR) is 134 cm³/mol. The number of aliphatic hydroxyl groups is 1. The summed E-state index contributed by atoms with van der Waals surface area (Å²) in [6, 6.07) is 2.03. The lowest BCUT2D eigenvalue weighted by Crippen LogP contribution is -2.36. The SMILES string of the molecule is COC(=O)[C@H](C)NP(=O)(OC[C@H]1O[C@@H](n2cc(/C=C/Br)c(=O)[nH]c2=O)C[C@@H]1O)Oc1ccc(C(F)(F)F)cc1. The molecule has 1 aliphatic rings. The number of halogens is 4. The Bertz CT molecular complexity index is 1360. The number of rotatable bonds is 10. The fourth-order valence-electron chi connectivity index (χ4n) is 3.51. The van der Waals surface area contributed by atoms with E-state index in [0.717, 1.165) is 23.8 Å². The van der Waals surface area contributed by atoms with Crippen LogP contribution >= 0.6 is 23.7 Å². The summed E-state index contributed by atoms with van der Waals surface area (Å²) in [6.45, 7) is 0.708. The summed E-state index contributed by atoms with van der Waals surface area (Å²) >= 11 is 3.04. The number of alkyl halides is 3. The molecule has 12 nitrogen and oxygen atoms in total. The van der Waals surface area contributed by atoms with Gasteiger partial charge in [-0.05, 0) is 42.3 Å². The first-order chi connectivity index (χ1) is 18.3. The fourth-order valence-corrected chi connectivity index (χ4v) is 5.30. The van der Waals surface area contributed by atoms with E-state index < -0.39 is 67.8 Å². The van der Waals surface area contributed by atoms with Gasteiger partial charge in [0.25, 0.3) is 5.56 Å². The smallest absolute Gasteiger partial charge is 0.459 e. The second-order valence-corrected chi connectivity index (χ2v) is 10.5. The molecule has 1 unspecified atom stereocenters. The molecular formula is C22H24BrF3N3O9P.